The molecule has 2 aliphatic rings. The molecule has 20 heavy (non-hydrogen) atoms. The molecule has 1 aromatic heterocycles. The number of nitrogens with zero attached hydrogens (tertiary/aromatic N) is 2. The normalized spacial score (nSPS) is 18.7. The Bertz CT molecular complexity index is 403. The largest absolute Gasteiger partial charge is 0.407 e. The average Bonchev–Trinajstić information content (AvgIpc) is 3.36. The molecule has 1 heterocycles. The molecule has 0 aliphatic heterocycles. The zero-order chi connectivity index (χ0) is 13.8. The Morgan fingerprint density at radius 2 is 2.00 bits per heavy atom. The maximum Gasteiger partial charge on any atom is 0.315 e. The fourth-order valence-electron chi connectivity index (χ4n) is 2.74. The van der Waals surface area contributed by atoms with Crippen LogP contribution < -0.4 is 10.6 Å². The lowest BCUT2D eigenvalue weighted by atomic mass is 9.98. The molecular formula is C14H24N4O2. The van der Waals surface area contributed by atoms with Crippen LogP contribution in [0.5, 0.6) is 0 Å². The van der Waals surface area contributed by atoms with Crippen molar-refractivity contribution in [2.24, 2.45) is 17.8 Å². The number of aromatic nitrogens is 2. The van der Waals surface area contributed by atoms with Crippen molar-refractivity contribution in [3.63, 3.8) is 0 Å². The number of nitrogens with one attached hydrogen (secondary N) is 2. The maximum absolute atomic E-state index is 5.58. The quantitative estimate of drug-likeness (QED) is 0.635. The highest BCUT2D eigenvalue weighted by Crippen LogP contribution is 2.49. The van der Waals surface area contributed by atoms with Crippen molar-refractivity contribution in [1.29, 1.82) is 0 Å². The molecule has 0 saturated heterocycles. The van der Waals surface area contributed by atoms with Crippen LogP contribution in [0, 0.1) is 17.8 Å². The molecule has 0 unspecified atom stereocenters. The summed E-state index contributed by atoms with van der Waals surface area (Å²) in [6.07, 6.45) is 5.62. The van der Waals surface area contributed by atoms with Crippen molar-refractivity contribution in [2.45, 2.75) is 32.2 Å². The second-order valence-electron chi connectivity index (χ2n) is 5.89. The summed E-state index contributed by atoms with van der Waals surface area (Å²) in [4.78, 5) is 0. The molecule has 0 amide bonds. The molecule has 0 radical (unpaired) electrons. The first-order chi connectivity index (χ1) is 9.86. The summed E-state index contributed by atoms with van der Waals surface area (Å²) in [6, 6.07) is 0.555. The third-order valence-electron chi connectivity index (χ3n) is 4.17. The molecule has 0 aromatic carbocycles. The first kappa shape index (κ1) is 13.8. The number of rotatable bonds is 10. The fraction of sp³-hybridized carbons (Fsp3) is 0.857. The van der Waals surface area contributed by atoms with E-state index in [1.165, 1.54) is 25.7 Å². The van der Waals surface area contributed by atoms with Crippen LogP contribution in [0.3, 0.4) is 0 Å². The SMILES string of the molecule is COCCNCc1nnc(NCC(C2CC2)C2CC2)o1. The van der Waals surface area contributed by atoms with Gasteiger partial charge >= 0.3 is 6.01 Å². The topological polar surface area (TPSA) is 72.2 Å². The minimum absolute atomic E-state index is 0.555. The van der Waals surface area contributed by atoms with Gasteiger partial charge in [-0.15, -0.1) is 5.10 Å². The average molecular weight is 280 g/mol. The zero-order valence-corrected chi connectivity index (χ0v) is 12.1. The second-order valence-corrected chi connectivity index (χ2v) is 5.89. The molecule has 0 bridgehead atoms. The summed E-state index contributed by atoms with van der Waals surface area (Å²) in [7, 11) is 1.69. The Kier molecular flexibility index (Phi) is 4.52. The van der Waals surface area contributed by atoms with E-state index < -0.39 is 0 Å². The van der Waals surface area contributed by atoms with Crippen LogP contribution in [0.4, 0.5) is 6.01 Å². The van der Waals surface area contributed by atoms with Gasteiger partial charge in [-0.25, -0.2) is 0 Å². The summed E-state index contributed by atoms with van der Waals surface area (Å²) in [6.45, 7) is 3.04. The summed E-state index contributed by atoms with van der Waals surface area (Å²) in [5.41, 5.74) is 0. The van der Waals surface area contributed by atoms with Gasteiger partial charge in [0.2, 0.25) is 5.89 Å². The van der Waals surface area contributed by atoms with E-state index in [1.807, 2.05) is 0 Å². The number of hydrogen-bond acceptors (Lipinski definition) is 6. The van der Waals surface area contributed by atoms with Crippen LogP contribution in [0.15, 0.2) is 4.42 Å². The van der Waals surface area contributed by atoms with Crippen LogP contribution in [-0.2, 0) is 11.3 Å². The van der Waals surface area contributed by atoms with Crippen LogP contribution in [0.25, 0.3) is 0 Å². The lowest BCUT2D eigenvalue weighted by Gasteiger charge is -2.14. The van der Waals surface area contributed by atoms with E-state index in [0.29, 0.717) is 25.1 Å². The van der Waals surface area contributed by atoms with Gasteiger partial charge in [0.1, 0.15) is 0 Å². The third-order valence-corrected chi connectivity index (χ3v) is 4.17. The monoisotopic (exact) mass is 280 g/mol. The van der Waals surface area contributed by atoms with Gasteiger partial charge in [-0.05, 0) is 43.4 Å². The molecule has 1 aromatic rings. The Labute approximate surface area is 119 Å². The van der Waals surface area contributed by atoms with E-state index in [-0.39, 0.29) is 0 Å². The van der Waals surface area contributed by atoms with E-state index in [1.54, 1.807) is 7.11 Å². The van der Waals surface area contributed by atoms with Gasteiger partial charge in [0.05, 0.1) is 13.2 Å². The Morgan fingerprint density at radius 3 is 2.65 bits per heavy atom. The molecule has 0 spiro atoms. The highest BCUT2D eigenvalue weighted by atomic mass is 16.5. The Morgan fingerprint density at radius 1 is 1.25 bits per heavy atom. The van der Waals surface area contributed by atoms with Gasteiger partial charge in [0, 0.05) is 20.2 Å². The lowest BCUT2D eigenvalue weighted by molar-refractivity contribution is 0.198. The van der Waals surface area contributed by atoms with Gasteiger partial charge in [-0.2, -0.15) is 0 Å². The van der Waals surface area contributed by atoms with Crippen molar-refractivity contribution in [2.75, 3.05) is 32.1 Å². The lowest BCUT2D eigenvalue weighted by Crippen LogP contribution is -2.19. The highest BCUT2D eigenvalue weighted by Gasteiger charge is 2.41. The molecule has 6 nitrogen and oxygen atoms in total. The summed E-state index contributed by atoms with van der Waals surface area (Å²) < 4.78 is 10.5. The molecule has 112 valence electrons. The van der Waals surface area contributed by atoms with Gasteiger partial charge in [-0.1, -0.05) is 5.10 Å². The fourth-order valence-corrected chi connectivity index (χ4v) is 2.74. The van der Waals surface area contributed by atoms with Crippen molar-refractivity contribution < 1.29 is 9.15 Å². The van der Waals surface area contributed by atoms with Crippen LogP contribution >= 0.6 is 0 Å². The maximum atomic E-state index is 5.58. The number of anilines is 1. The van der Waals surface area contributed by atoms with E-state index in [4.69, 9.17) is 9.15 Å². The number of methoxy groups -OCH3 is 1. The second kappa shape index (κ2) is 6.54. The smallest absolute Gasteiger partial charge is 0.315 e. The summed E-state index contributed by atoms with van der Waals surface area (Å²) >= 11 is 0. The Balaban J connectivity index is 1.40. The molecule has 2 saturated carbocycles. The first-order valence-electron chi connectivity index (χ1n) is 7.62. The van der Waals surface area contributed by atoms with Gasteiger partial charge < -0.3 is 19.8 Å². The zero-order valence-electron chi connectivity index (χ0n) is 12.1. The van der Waals surface area contributed by atoms with E-state index in [9.17, 15) is 0 Å². The molecular weight excluding hydrogens is 256 g/mol. The predicted molar refractivity (Wildman–Crippen MR) is 75.3 cm³/mol. The molecule has 2 N–H and O–H groups in total. The third kappa shape index (κ3) is 3.93. The van der Waals surface area contributed by atoms with Crippen molar-refractivity contribution in [1.82, 2.24) is 15.5 Å². The van der Waals surface area contributed by atoms with E-state index in [2.05, 4.69) is 20.8 Å². The number of ether oxygens (including phenoxy) is 1. The predicted octanol–water partition coefficient (Wildman–Crippen LogP) is 1.65. The molecule has 6 heteroatoms. The molecule has 2 fully saturated rings. The minimum atomic E-state index is 0.555. The van der Waals surface area contributed by atoms with Crippen molar-refractivity contribution in [3.05, 3.63) is 5.89 Å². The van der Waals surface area contributed by atoms with Crippen LogP contribution in [0.2, 0.25) is 0 Å². The van der Waals surface area contributed by atoms with Gasteiger partial charge in [0.25, 0.3) is 0 Å². The van der Waals surface area contributed by atoms with Crippen LogP contribution in [0.1, 0.15) is 31.6 Å². The molecule has 3 rings (SSSR count). The molecule has 2 aliphatic carbocycles. The number of hydrogen-bond donors (Lipinski definition) is 2. The highest BCUT2D eigenvalue weighted by molar-refractivity contribution is 5.17. The summed E-state index contributed by atoms with van der Waals surface area (Å²) in [5.74, 6) is 3.31. The summed E-state index contributed by atoms with van der Waals surface area (Å²) in [5, 5.41) is 14.6. The first-order valence-corrected chi connectivity index (χ1v) is 7.62. The van der Waals surface area contributed by atoms with Crippen molar-refractivity contribution >= 4 is 6.01 Å². The van der Waals surface area contributed by atoms with E-state index >= 15 is 0 Å². The molecule has 0 atom stereocenters. The Hall–Kier alpha value is -1.14. The van der Waals surface area contributed by atoms with Gasteiger partial charge in [0.15, 0.2) is 0 Å². The standard InChI is InChI=1S/C14H24N4O2/c1-19-7-6-15-9-13-17-18-14(20-13)16-8-12(10-2-3-10)11-4-5-11/h10-12,15H,2-9H2,1H3,(H,16,18). The van der Waals surface area contributed by atoms with Gasteiger partial charge in [-0.3, -0.25) is 0 Å². The minimum Gasteiger partial charge on any atom is -0.407 e. The van der Waals surface area contributed by atoms with Crippen molar-refractivity contribution in [3.8, 4) is 0 Å². The van der Waals surface area contributed by atoms with E-state index in [0.717, 1.165) is 30.8 Å². The van der Waals surface area contributed by atoms with Crippen LogP contribution in [-0.4, -0.2) is 37.0 Å².